The van der Waals surface area contributed by atoms with Gasteiger partial charge in [-0.2, -0.15) is 0 Å². The van der Waals surface area contributed by atoms with Gasteiger partial charge in [0.1, 0.15) is 0 Å². The van der Waals surface area contributed by atoms with Gasteiger partial charge in [0.25, 0.3) is 0 Å². The molecule has 4 rings (SSSR count). The molecule has 2 aliphatic rings. The Hall–Kier alpha value is -1.72. The van der Waals surface area contributed by atoms with Crippen molar-refractivity contribution in [3.05, 3.63) is 70.8 Å². The molecule has 6 atom stereocenters. The standard InChI is InChI=1S/2C21H35NO.2CH4/c2*1-7-21(5,6)20-10-8-19(9-11-20)12-16(2)13-22-14-17(3)23-18(4)15-22;;/h2*8-11,16-18H,7,12-15H2,1-6H3;2*1H4/t2*16?,17-,18+;;. The molecule has 2 aromatic rings. The van der Waals surface area contributed by atoms with E-state index in [9.17, 15) is 0 Å². The molecular weight excluding hydrogens is 588 g/mol. The van der Waals surface area contributed by atoms with E-state index in [1.54, 1.807) is 0 Å². The highest BCUT2D eigenvalue weighted by Crippen LogP contribution is 2.28. The van der Waals surface area contributed by atoms with Crippen molar-refractivity contribution >= 4 is 0 Å². The van der Waals surface area contributed by atoms with Gasteiger partial charge in [-0.05, 0) is 98.3 Å². The summed E-state index contributed by atoms with van der Waals surface area (Å²) in [6, 6.07) is 18.6. The zero-order chi connectivity index (χ0) is 34.1. The van der Waals surface area contributed by atoms with E-state index >= 15 is 0 Å². The van der Waals surface area contributed by atoms with Crippen LogP contribution in [-0.2, 0) is 33.1 Å². The number of morpholine rings is 2. The maximum Gasteiger partial charge on any atom is 0.0678 e. The smallest absolute Gasteiger partial charge is 0.0678 e. The van der Waals surface area contributed by atoms with Crippen LogP contribution in [0.4, 0.5) is 0 Å². The van der Waals surface area contributed by atoms with E-state index in [2.05, 4.69) is 141 Å². The molecule has 2 unspecified atom stereocenters. The first-order valence-electron chi connectivity index (χ1n) is 18.5. The first-order chi connectivity index (χ1) is 21.6. The van der Waals surface area contributed by atoms with Gasteiger partial charge in [0.2, 0.25) is 0 Å². The molecule has 0 amide bonds. The van der Waals surface area contributed by atoms with Crippen molar-refractivity contribution < 1.29 is 9.47 Å². The predicted octanol–water partition coefficient (Wildman–Crippen LogP) is 10.6. The van der Waals surface area contributed by atoms with Crippen molar-refractivity contribution in [3.8, 4) is 0 Å². The summed E-state index contributed by atoms with van der Waals surface area (Å²) in [5.74, 6) is 1.36. The Morgan fingerprint density at radius 2 is 0.833 bits per heavy atom. The predicted molar refractivity (Wildman–Crippen MR) is 212 cm³/mol. The van der Waals surface area contributed by atoms with Crippen LogP contribution in [-0.4, -0.2) is 73.5 Å². The van der Waals surface area contributed by atoms with Crippen LogP contribution in [0, 0.1) is 11.8 Å². The Kier molecular flexibility index (Phi) is 18.7. The highest BCUT2D eigenvalue weighted by atomic mass is 16.5. The molecular formula is C44H78N2O2. The van der Waals surface area contributed by atoms with Gasteiger partial charge in [0.15, 0.2) is 0 Å². The van der Waals surface area contributed by atoms with Crippen molar-refractivity contribution in [3.63, 3.8) is 0 Å². The number of nitrogens with zero attached hydrogens (tertiary/aromatic N) is 2. The molecule has 48 heavy (non-hydrogen) atoms. The average molecular weight is 667 g/mol. The largest absolute Gasteiger partial charge is 0.373 e. The number of ether oxygens (including phenoxy) is 2. The Labute approximate surface area is 299 Å². The van der Waals surface area contributed by atoms with Crippen molar-refractivity contribution in [1.29, 1.82) is 0 Å². The summed E-state index contributed by atoms with van der Waals surface area (Å²) in [7, 11) is 0. The second kappa shape index (κ2) is 20.2. The maximum atomic E-state index is 5.83. The van der Waals surface area contributed by atoms with Crippen LogP contribution >= 0.6 is 0 Å². The molecule has 2 saturated heterocycles. The molecule has 4 heteroatoms. The second-order valence-electron chi connectivity index (χ2n) is 16.4. The van der Waals surface area contributed by atoms with Crippen LogP contribution in [0.3, 0.4) is 0 Å². The zero-order valence-electron chi connectivity index (χ0n) is 31.9. The summed E-state index contributed by atoms with van der Waals surface area (Å²) in [5, 5.41) is 0. The average Bonchev–Trinajstić information content (AvgIpc) is 2.97. The van der Waals surface area contributed by atoms with Crippen molar-refractivity contribution in [2.24, 2.45) is 11.8 Å². The number of hydrogen-bond donors (Lipinski definition) is 0. The highest BCUT2D eigenvalue weighted by molar-refractivity contribution is 5.29. The minimum Gasteiger partial charge on any atom is -0.373 e. The van der Waals surface area contributed by atoms with E-state index in [1.807, 2.05) is 0 Å². The fourth-order valence-corrected chi connectivity index (χ4v) is 7.27. The summed E-state index contributed by atoms with van der Waals surface area (Å²) in [4.78, 5) is 5.14. The zero-order valence-corrected chi connectivity index (χ0v) is 31.9. The van der Waals surface area contributed by atoms with E-state index in [0.29, 0.717) is 36.3 Å². The van der Waals surface area contributed by atoms with Crippen LogP contribution < -0.4 is 0 Å². The molecule has 0 aromatic heterocycles. The van der Waals surface area contributed by atoms with Gasteiger partial charge >= 0.3 is 0 Å². The monoisotopic (exact) mass is 667 g/mol. The Bertz CT molecular complexity index is 1030. The van der Waals surface area contributed by atoms with Gasteiger partial charge < -0.3 is 9.47 Å². The Morgan fingerprint density at radius 1 is 0.562 bits per heavy atom. The molecule has 0 spiro atoms. The summed E-state index contributed by atoms with van der Waals surface area (Å²) in [6.45, 7) is 33.9. The molecule has 0 N–H and O–H groups in total. The lowest BCUT2D eigenvalue weighted by molar-refractivity contribution is -0.0711. The molecule has 2 aromatic carbocycles. The number of hydrogen-bond acceptors (Lipinski definition) is 4. The van der Waals surface area contributed by atoms with Crippen LogP contribution in [0.5, 0.6) is 0 Å². The first-order valence-corrected chi connectivity index (χ1v) is 18.5. The minimum atomic E-state index is 0. The quantitative estimate of drug-likeness (QED) is 0.225. The summed E-state index contributed by atoms with van der Waals surface area (Å²) >= 11 is 0. The summed E-state index contributed by atoms with van der Waals surface area (Å²) in [6.07, 6.45) is 6.12. The second-order valence-corrected chi connectivity index (χ2v) is 16.4. The van der Waals surface area contributed by atoms with Gasteiger partial charge in [-0.15, -0.1) is 0 Å². The fourth-order valence-electron chi connectivity index (χ4n) is 7.27. The third-order valence-electron chi connectivity index (χ3n) is 10.5. The molecule has 0 radical (unpaired) electrons. The van der Waals surface area contributed by atoms with Crippen LogP contribution in [0.25, 0.3) is 0 Å². The molecule has 2 fully saturated rings. The van der Waals surface area contributed by atoms with Crippen molar-refractivity contribution in [2.45, 2.75) is 159 Å². The third kappa shape index (κ3) is 14.3. The third-order valence-corrected chi connectivity index (χ3v) is 10.5. The van der Waals surface area contributed by atoms with E-state index in [0.717, 1.165) is 39.0 Å². The topological polar surface area (TPSA) is 24.9 Å². The summed E-state index contributed by atoms with van der Waals surface area (Å²) in [5.41, 5.74) is 6.39. The number of rotatable bonds is 12. The molecule has 4 nitrogen and oxygen atoms in total. The number of benzene rings is 2. The molecule has 276 valence electrons. The van der Waals surface area contributed by atoms with Gasteiger partial charge in [-0.1, -0.05) is 119 Å². The lowest BCUT2D eigenvalue weighted by Gasteiger charge is -2.36. The molecule has 0 aliphatic carbocycles. The maximum absolute atomic E-state index is 5.83. The van der Waals surface area contributed by atoms with E-state index in [4.69, 9.17) is 9.47 Å². The SMILES string of the molecule is C.C.CCC(C)(C)c1ccc(CC(C)CN2C[C@@H](C)O[C@@H](C)C2)cc1.CCC(C)(C)c1ccc(CC(C)CN2C[C@@H](C)O[C@@H](C)C2)cc1. The van der Waals surface area contributed by atoms with Crippen LogP contribution in [0.1, 0.15) is 133 Å². The fraction of sp³-hybridized carbons (Fsp3) is 0.727. The first kappa shape index (κ1) is 44.3. The molecule has 0 saturated carbocycles. The molecule has 0 bridgehead atoms. The van der Waals surface area contributed by atoms with Crippen molar-refractivity contribution in [2.75, 3.05) is 39.3 Å². The molecule has 2 heterocycles. The van der Waals surface area contributed by atoms with Gasteiger partial charge in [-0.25, -0.2) is 0 Å². The van der Waals surface area contributed by atoms with E-state index < -0.39 is 0 Å². The lowest BCUT2D eigenvalue weighted by Crippen LogP contribution is -2.47. The van der Waals surface area contributed by atoms with E-state index in [-0.39, 0.29) is 25.7 Å². The van der Waals surface area contributed by atoms with Gasteiger partial charge in [0, 0.05) is 39.3 Å². The van der Waals surface area contributed by atoms with Crippen molar-refractivity contribution in [1.82, 2.24) is 9.80 Å². The summed E-state index contributed by atoms with van der Waals surface area (Å²) < 4.78 is 11.7. The van der Waals surface area contributed by atoms with E-state index in [1.165, 1.54) is 48.2 Å². The highest BCUT2D eigenvalue weighted by Gasteiger charge is 2.25. The molecule has 2 aliphatic heterocycles. The van der Waals surface area contributed by atoms with Crippen LogP contribution in [0.2, 0.25) is 0 Å². The minimum absolute atomic E-state index is 0. The Morgan fingerprint density at radius 3 is 1.08 bits per heavy atom. The van der Waals surface area contributed by atoms with Gasteiger partial charge in [0.05, 0.1) is 24.4 Å². The van der Waals surface area contributed by atoms with Crippen LogP contribution in [0.15, 0.2) is 48.5 Å². The van der Waals surface area contributed by atoms with Gasteiger partial charge in [-0.3, -0.25) is 9.80 Å². The normalized spacial score (nSPS) is 23.6. The Balaban J connectivity index is 0.000000461. The lowest BCUT2D eigenvalue weighted by atomic mass is 9.82.